The van der Waals surface area contributed by atoms with Gasteiger partial charge in [0.15, 0.2) is 6.10 Å². The third kappa shape index (κ3) is 80.4. The predicted molar refractivity (Wildman–Crippen MR) is 416 cm³/mol. The molecule has 10 heteroatoms. The Bertz CT molecular complexity index is 1850. The molecule has 0 fully saturated rings. The Balaban J connectivity index is 3.88. The molecule has 0 aliphatic carbocycles. The molecule has 0 saturated heterocycles. The van der Waals surface area contributed by atoms with Crippen molar-refractivity contribution in [2.75, 3.05) is 47.5 Å². The quantitative estimate of drug-likeness (QED) is 0.0195. The smallest absolute Gasteiger partial charge is 0.306 e. The van der Waals surface area contributed by atoms with E-state index in [0.717, 1.165) is 64.2 Å². The van der Waals surface area contributed by atoms with Crippen LogP contribution in [0, 0.1) is 0 Å². The second-order valence-corrected chi connectivity index (χ2v) is 30.9. The van der Waals surface area contributed by atoms with Crippen molar-refractivity contribution in [2.24, 2.45) is 0 Å². The van der Waals surface area contributed by atoms with Crippen molar-refractivity contribution in [2.45, 2.75) is 418 Å². The molecule has 0 aromatic rings. The molecule has 0 aliphatic heterocycles. The first-order chi connectivity index (χ1) is 47.0. The van der Waals surface area contributed by atoms with Crippen LogP contribution in [0.25, 0.3) is 0 Å². The Labute approximate surface area is 597 Å². The van der Waals surface area contributed by atoms with Gasteiger partial charge in [0.25, 0.3) is 7.82 Å². The Morgan fingerprint density at radius 2 is 0.594 bits per heavy atom. The highest BCUT2D eigenvalue weighted by Gasteiger charge is 2.22. The summed E-state index contributed by atoms with van der Waals surface area (Å²) in [6.45, 7) is 4.19. The topological polar surface area (TPSA) is 111 Å². The van der Waals surface area contributed by atoms with Gasteiger partial charge in [0.1, 0.15) is 19.8 Å². The van der Waals surface area contributed by atoms with Crippen LogP contribution in [-0.2, 0) is 32.7 Å². The van der Waals surface area contributed by atoms with Gasteiger partial charge in [0.2, 0.25) is 0 Å². The minimum atomic E-state index is -4.65. The van der Waals surface area contributed by atoms with Crippen molar-refractivity contribution in [3.8, 4) is 0 Å². The fourth-order valence-corrected chi connectivity index (χ4v) is 13.1. The molecule has 0 bridgehead atoms. The summed E-state index contributed by atoms with van der Waals surface area (Å²) >= 11 is 0. The van der Waals surface area contributed by atoms with Gasteiger partial charge in [0, 0.05) is 12.8 Å². The van der Waals surface area contributed by atoms with E-state index >= 15 is 0 Å². The van der Waals surface area contributed by atoms with E-state index in [1.807, 2.05) is 21.1 Å². The van der Waals surface area contributed by atoms with Crippen molar-refractivity contribution >= 4 is 19.8 Å². The molecule has 0 aromatic heterocycles. The van der Waals surface area contributed by atoms with Crippen LogP contribution in [0.2, 0.25) is 0 Å². The fraction of sp³-hybridized carbons (Fsp3) is 0.837. The van der Waals surface area contributed by atoms with E-state index in [2.05, 4.69) is 86.8 Å². The number of nitrogens with zero attached hydrogens (tertiary/aromatic N) is 1. The molecule has 2 atom stereocenters. The van der Waals surface area contributed by atoms with Crippen molar-refractivity contribution in [3.05, 3.63) is 72.9 Å². The second kappa shape index (κ2) is 76.6. The minimum Gasteiger partial charge on any atom is -0.756 e. The first-order valence-electron chi connectivity index (χ1n) is 41.6. The lowest BCUT2D eigenvalue weighted by molar-refractivity contribution is -0.870. The summed E-state index contributed by atoms with van der Waals surface area (Å²) in [7, 11) is 1.19. The minimum absolute atomic E-state index is 0.0289. The lowest BCUT2D eigenvalue weighted by Crippen LogP contribution is -2.37. The molecule has 0 heterocycles. The SMILES string of the molecule is CC/C=C\C/C=C\C/C=C\C/C=C\CCCCCCCCCCCCCCCCCCCCCCC(=O)OC(COC(=O)CCCCCCCCCCCCCCCCCCCCCCCCCCCCC/C=C\C/C=C\CCCCCCC)COP(=O)([O-])OCC[N+](C)(C)C. The van der Waals surface area contributed by atoms with Crippen LogP contribution in [0.1, 0.15) is 412 Å². The number of hydrogen-bond donors (Lipinski definition) is 0. The molecule has 0 spiro atoms. The average molecular weight is 1370 g/mol. The van der Waals surface area contributed by atoms with Gasteiger partial charge in [-0.15, -0.1) is 0 Å². The number of rotatable bonds is 78. The third-order valence-electron chi connectivity index (χ3n) is 18.7. The summed E-state index contributed by atoms with van der Waals surface area (Å²) in [6, 6.07) is 0. The van der Waals surface area contributed by atoms with Gasteiger partial charge in [-0.05, 0) is 83.5 Å². The fourth-order valence-electron chi connectivity index (χ4n) is 12.4. The number of phosphoric acid groups is 1. The normalized spacial score (nSPS) is 13.4. The van der Waals surface area contributed by atoms with Gasteiger partial charge in [-0.3, -0.25) is 14.2 Å². The number of phosphoric ester groups is 1. The molecule has 9 nitrogen and oxygen atoms in total. The van der Waals surface area contributed by atoms with Crippen molar-refractivity contribution in [3.63, 3.8) is 0 Å². The maximum atomic E-state index is 12.9. The third-order valence-corrected chi connectivity index (χ3v) is 19.7. The molecule has 2 unspecified atom stereocenters. The lowest BCUT2D eigenvalue weighted by Gasteiger charge is -2.28. The zero-order chi connectivity index (χ0) is 69.7. The Kier molecular flexibility index (Phi) is 74.6. The number of likely N-dealkylation sites (N-methyl/N-ethyl adjacent to an activating group) is 1. The summed E-state index contributed by atoms with van der Waals surface area (Å²) in [5, 5.41) is 0. The number of hydrogen-bond acceptors (Lipinski definition) is 8. The van der Waals surface area contributed by atoms with E-state index in [-0.39, 0.29) is 32.0 Å². The number of unbranched alkanes of at least 4 members (excludes halogenated alkanes) is 52. The highest BCUT2D eigenvalue weighted by molar-refractivity contribution is 7.45. The summed E-state index contributed by atoms with van der Waals surface area (Å²) < 4.78 is 34.5. The van der Waals surface area contributed by atoms with Crippen molar-refractivity contribution in [1.82, 2.24) is 0 Å². The van der Waals surface area contributed by atoms with E-state index in [9.17, 15) is 19.0 Å². The molecule has 96 heavy (non-hydrogen) atoms. The van der Waals surface area contributed by atoms with Gasteiger partial charge in [0.05, 0.1) is 27.7 Å². The number of carbonyl (C=O) groups excluding carboxylic acids is 2. The standard InChI is InChI=1S/C86H160NO8P/c1-6-8-10-12-14-16-18-20-22-24-26-28-30-32-34-36-38-40-41-42-43-44-45-47-48-50-52-54-56-58-60-62-64-66-68-70-72-74-76-78-85(88)92-82-84(83-94-96(90,91)93-81-80-87(3,4)5)95-86(89)79-77-75-73-71-69-67-65-63-61-59-57-55-53-51-49-46-39-37-35-33-31-29-27-25-23-21-19-17-15-13-11-9-7-2/h9,11,15,17-18,20-21,23-24,26-27,29,84H,6-8,10,12-14,16,19,22,25,28,30-83H2,1-5H3/b11-9-,17-15-,20-18-,23-21-,26-24-,29-27-. The van der Waals surface area contributed by atoms with Crippen molar-refractivity contribution < 1.29 is 42.1 Å². The summed E-state index contributed by atoms with van der Waals surface area (Å²) in [5.41, 5.74) is 0. The lowest BCUT2D eigenvalue weighted by atomic mass is 10.0. The monoisotopic (exact) mass is 1370 g/mol. The molecule has 0 rings (SSSR count). The summed E-state index contributed by atoms with van der Waals surface area (Å²) in [6.07, 6.45) is 105. The highest BCUT2D eigenvalue weighted by Crippen LogP contribution is 2.38. The molecule has 0 aromatic carbocycles. The van der Waals surface area contributed by atoms with Gasteiger partial charge >= 0.3 is 11.9 Å². The van der Waals surface area contributed by atoms with Gasteiger partial charge < -0.3 is 27.9 Å². The molecular formula is C86H160NO8P. The van der Waals surface area contributed by atoms with Crippen LogP contribution in [0.4, 0.5) is 0 Å². The van der Waals surface area contributed by atoms with E-state index in [1.165, 1.54) is 315 Å². The van der Waals surface area contributed by atoms with E-state index < -0.39 is 26.5 Å². The van der Waals surface area contributed by atoms with Crippen LogP contribution < -0.4 is 4.89 Å². The molecule has 0 radical (unpaired) electrons. The molecular weight excluding hydrogens is 1210 g/mol. The van der Waals surface area contributed by atoms with E-state index in [4.69, 9.17) is 18.5 Å². The molecule has 0 N–H and O–H groups in total. The average Bonchev–Trinajstić information content (AvgIpc) is 1.48. The van der Waals surface area contributed by atoms with Gasteiger partial charge in [-0.1, -0.05) is 389 Å². The summed E-state index contributed by atoms with van der Waals surface area (Å²) in [5.74, 6) is -0.810. The second-order valence-electron chi connectivity index (χ2n) is 29.5. The van der Waals surface area contributed by atoms with Crippen LogP contribution in [0.15, 0.2) is 72.9 Å². The molecule has 0 saturated carbocycles. The highest BCUT2D eigenvalue weighted by atomic mass is 31.2. The predicted octanol–water partition coefficient (Wildman–Crippen LogP) is 27.2. The first-order valence-corrected chi connectivity index (χ1v) is 43.1. The Morgan fingerprint density at radius 3 is 0.885 bits per heavy atom. The zero-order valence-electron chi connectivity index (χ0n) is 64.3. The Hall–Kier alpha value is -2.55. The van der Waals surface area contributed by atoms with Crippen molar-refractivity contribution in [1.29, 1.82) is 0 Å². The first kappa shape index (κ1) is 93.5. The molecule has 562 valence electrons. The number of quaternary nitrogens is 1. The Morgan fingerprint density at radius 1 is 0.333 bits per heavy atom. The van der Waals surface area contributed by atoms with Gasteiger partial charge in [-0.2, -0.15) is 0 Å². The number of ether oxygens (including phenoxy) is 2. The maximum absolute atomic E-state index is 12.9. The maximum Gasteiger partial charge on any atom is 0.306 e. The molecule has 0 aliphatic rings. The van der Waals surface area contributed by atoms with Gasteiger partial charge in [-0.25, -0.2) is 0 Å². The zero-order valence-corrected chi connectivity index (χ0v) is 65.2. The largest absolute Gasteiger partial charge is 0.756 e. The number of carbonyl (C=O) groups is 2. The van der Waals surface area contributed by atoms with Crippen LogP contribution >= 0.6 is 7.82 Å². The summed E-state index contributed by atoms with van der Waals surface area (Å²) in [4.78, 5) is 38.2. The number of allylic oxidation sites excluding steroid dienone is 12. The van der Waals surface area contributed by atoms with E-state index in [1.54, 1.807) is 0 Å². The molecule has 0 amide bonds. The van der Waals surface area contributed by atoms with Crippen LogP contribution in [0.5, 0.6) is 0 Å². The van der Waals surface area contributed by atoms with Crippen LogP contribution in [-0.4, -0.2) is 70.0 Å². The number of esters is 2. The van der Waals surface area contributed by atoms with E-state index in [0.29, 0.717) is 17.4 Å². The van der Waals surface area contributed by atoms with Crippen LogP contribution in [0.3, 0.4) is 0 Å².